The van der Waals surface area contributed by atoms with Gasteiger partial charge in [0.05, 0.1) is 5.41 Å². The molecule has 1 heterocycles. The Balaban J connectivity index is 2.02. The number of nitrogens with zero attached hydrogens (tertiary/aromatic N) is 1. The first-order chi connectivity index (χ1) is 8.43. The summed E-state index contributed by atoms with van der Waals surface area (Å²) in [5.41, 5.74) is 0.280. The molecule has 2 N–H and O–H groups in total. The third-order valence-electron chi connectivity index (χ3n) is 3.08. The predicted octanol–water partition coefficient (Wildman–Crippen LogP) is 1.64. The van der Waals surface area contributed by atoms with Crippen molar-refractivity contribution in [2.75, 3.05) is 6.54 Å². The van der Waals surface area contributed by atoms with Crippen LogP contribution in [0.25, 0.3) is 0 Å². The van der Waals surface area contributed by atoms with E-state index in [2.05, 4.69) is 10.3 Å². The van der Waals surface area contributed by atoms with Crippen LogP contribution in [0.15, 0.2) is 12.1 Å². The molecule has 6 heteroatoms. The van der Waals surface area contributed by atoms with E-state index in [4.69, 9.17) is 16.7 Å². The molecule has 0 spiro atoms. The van der Waals surface area contributed by atoms with E-state index in [0.29, 0.717) is 24.1 Å². The molecule has 5 nitrogen and oxygen atoms in total. The number of amides is 1. The highest BCUT2D eigenvalue weighted by Gasteiger charge is 2.50. The Kier molecular flexibility index (Phi) is 3.26. The molecule has 0 bridgehead atoms. The van der Waals surface area contributed by atoms with E-state index in [0.717, 1.165) is 0 Å². The van der Waals surface area contributed by atoms with Crippen LogP contribution >= 0.6 is 11.6 Å². The highest BCUT2D eigenvalue weighted by molar-refractivity contribution is 6.29. The van der Waals surface area contributed by atoms with E-state index in [1.165, 1.54) is 6.07 Å². The van der Waals surface area contributed by atoms with Gasteiger partial charge in [-0.3, -0.25) is 9.59 Å². The molecule has 0 unspecified atom stereocenters. The van der Waals surface area contributed by atoms with Crippen LogP contribution in [0.3, 0.4) is 0 Å². The van der Waals surface area contributed by atoms with Gasteiger partial charge in [-0.1, -0.05) is 11.6 Å². The van der Waals surface area contributed by atoms with Crippen molar-refractivity contribution < 1.29 is 14.7 Å². The molecule has 1 aromatic heterocycles. The van der Waals surface area contributed by atoms with Crippen molar-refractivity contribution in [3.63, 3.8) is 0 Å². The van der Waals surface area contributed by atoms with Crippen molar-refractivity contribution in [1.82, 2.24) is 10.3 Å². The molecule has 96 valence electrons. The van der Waals surface area contributed by atoms with Crippen molar-refractivity contribution in [2.24, 2.45) is 5.41 Å². The molecule has 1 aliphatic rings. The zero-order valence-corrected chi connectivity index (χ0v) is 10.6. The van der Waals surface area contributed by atoms with Crippen LogP contribution in [-0.4, -0.2) is 28.5 Å². The van der Waals surface area contributed by atoms with Crippen LogP contribution in [0.5, 0.6) is 0 Å². The van der Waals surface area contributed by atoms with Crippen molar-refractivity contribution in [2.45, 2.75) is 19.8 Å². The molecule has 0 aliphatic heterocycles. The van der Waals surface area contributed by atoms with Gasteiger partial charge in [0.15, 0.2) is 0 Å². The molecule has 1 aliphatic carbocycles. The smallest absolute Gasteiger partial charge is 0.311 e. The fraction of sp³-hybridized carbons (Fsp3) is 0.417. The number of hydrogen-bond acceptors (Lipinski definition) is 3. The van der Waals surface area contributed by atoms with Crippen LogP contribution in [0, 0.1) is 12.3 Å². The fourth-order valence-corrected chi connectivity index (χ4v) is 1.98. The average molecular weight is 269 g/mol. The number of carbonyl (C=O) groups excluding carboxylic acids is 1. The molecule has 18 heavy (non-hydrogen) atoms. The average Bonchev–Trinajstić information content (AvgIpc) is 3.05. The van der Waals surface area contributed by atoms with Gasteiger partial charge in [-0.15, -0.1) is 0 Å². The number of halogens is 1. The number of nitrogens with one attached hydrogen (secondary N) is 1. The molecule has 1 fully saturated rings. The molecule has 0 saturated heterocycles. The van der Waals surface area contributed by atoms with Crippen LogP contribution in [-0.2, 0) is 4.79 Å². The van der Waals surface area contributed by atoms with Crippen LogP contribution in [0.4, 0.5) is 0 Å². The van der Waals surface area contributed by atoms with Gasteiger partial charge in [0.1, 0.15) is 5.15 Å². The summed E-state index contributed by atoms with van der Waals surface area (Å²) in [5, 5.41) is 11.9. The number of carbonyl (C=O) groups is 2. The summed E-state index contributed by atoms with van der Waals surface area (Å²) in [5.74, 6) is -1.18. The van der Waals surface area contributed by atoms with E-state index < -0.39 is 11.4 Å². The summed E-state index contributed by atoms with van der Waals surface area (Å²) in [4.78, 5) is 26.8. The largest absolute Gasteiger partial charge is 0.481 e. The quantitative estimate of drug-likeness (QED) is 0.814. The maximum absolute atomic E-state index is 11.9. The molecule has 2 rings (SSSR count). The normalized spacial score (nSPS) is 16.1. The number of carboxylic acids is 1. The lowest BCUT2D eigenvalue weighted by Crippen LogP contribution is -2.34. The predicted molar refractivity (Wildman–Crippen MR) is 65.6 cm³/mol. The van der Waals surface area contributed by atoms with Crippen LogP contribution in [0.2, 0.25) is 5.15 Å². The Morgan fingerprint density at radius 1 is 1.50 bits per heavy atom. The minimum Gasteiger partial charge on any atom is -0.481 e. The van der Waals surface area contributed by atoms with Crippen molar-refractivity contribution in [3.05, 3.63) is 28.5 Å². The number of carboxylic acid groups (broad SMARTS) is 1. The molecule has 0 aromatic carbocycles. The monoisotopic (exact) mass is 268 g/mol. The third kappa shape index (κ3) is 2.61. The lowest BCUT2D eigenvalue weighted by Gasteiger charge is -2.11. The lowest BCUT2D eigenvalue weighted by atomic mass is 10.1. The Labute approximate surface area is 109 Å². The van der Waals surface area contributed by atoms with Crippen molar-refractivity contribution in [3.8, 4) is 0 Å². The summed E-state index contributed by atoms with van der Waals surface area (Å²) in [6, 6.07) is 3.08. The Bertz CT molecular complexity index is 492. The topological polar surface area (TPSA) is 79.3 Å². The number of pyridine rings is 1. The second-order valence-electron chi connectivity index (χ2n) is 4.59. The highest BCUT2D eigenvalue weighted by atomic mass is 35.5. The first-order valence-corrected chi connectivity index (χ1v) is 5.96. The first-order valence-electron chi connectivity index (χ1n) is 5.59. The zero-order valence-electron chi connectivity index (χ0n) is 9.86. The van der Waals surface area contributed by atoms with Crippen LogP contribution in [0.1, 0.15) is 28.9 Å². The summed E-state index contributed by atoms with van der Waals surface area (Å²) in [6.45, 7) is 1.89. The van der Waals surface area contributed by atoms with E-state index >= 15 is 0 Å². The van der Waals surface area contributed by atoms with Gasteiger partial charge >= 0.3 is 5.97 Å². The number of rotatable bonds is 4. The third-order valence-corrected chi connectivity index (χ3v) is 3.27. The summed E-state index contributed by atoms with van der Waals surface area (Å²) in [7, 11) is 0. The minimum atomic E-state index is -0.855. The van der Waals surface area contributed by atoms with Gasteiger partial charge in [0, 0.05) is 17.8 Å². The van der Waals surface area contributed by atoms with Gasteiger partial charge in [-0.2, -0.15) is 0 Å². The zero-order chi connectivity index (χ0) is 13.3. The molecular weight excluding hydrogens is 256 g/mol. The number of aliphatic carboxylic acids is 1. The first kappa shape index (κ1) is 12.8. The molecular formula is C12H13ClN2O3. The van der Waals surface area contributed by atoms with Gasteiger partial charge in [0.2, 0.25) is 0 Å². The number of aromatic nitrogens is 1. The standard InChI is InChI=1S/C12H13ClN2O3/c1-7-4-8(5-9(13)15-7)10(16)14-6-12(2-3-12)11(17)18/h4-5H,2-3,6H2,1H3,(H,14,16)(H,17,18). The van der Waals surface area contributed by atoms with E-state index in [-0.39, 0.29) is 17.6 Å². The Morgan fingerprint density at radius 2 is 2.17 bits per heavy atom. The van der Waals surface area contributed by atoms with Gasteiger partial charge in [0.25, 0.3) is 5.91 Å². The summed E-state index contributed by atoms with van der Waals surface area (Å²) in [6.07, 6.45) is 1.22. The van der Waals surface area contributed by atoms with Crippen LogP contribution < -0.4 is 5.32 Å². The van der Waals surface area contributed by atoms with Crippen molar-refractivity contribution in [1.29, 1.82) is 0 Å². The van der Waals surface area contributed by atoms with Gasteiger partial charge in [-0.05, 0) is 31.9 Å². The lowest BCUT2D eigenvalue weighted by molar-refractivity contribution is -0.143. The van der Waals surface area contributed by atoms with E-state index in [9.17, 15) is 9.59 Å². The molecule has 1 aromatic rings. The molecule has 0 radical (unpaired) electrons. The SMILES string of the molecule is Cc1cc(C(=O)NCC2(C(=O)O)CC2)cc(Cl)n1. The second-order valence-corrected chi connectivity index (χ2v) is 4.98. The minimum absolute atomic E-state index is 0.153. The van der Waals surface area contributed by atoms with E-state index in [1.807, 2.05) is 0 Å². The maximum Gasteiger partial charge on any atom is 0.311 e. The van der Waals surface area contributed by atoms with E-state index in [1.54, 1.807) is 13.0 Å². The number of aryl methyl sites for hydroxylation is 1. The van der Waals surface area contributed by atoms with Gasteiger partial charge in [-0.25, -0.2) is 4.98 Å². The Hall–Kier alpha value is -1.62. The molecule has 1 saturated carbocycles. The number of hydrogen-bond donors (Lipinski definition) is 2. The summed E-state index contributed by atoms with van der Waals surface area (Å²) < 4.78 is 0. The summed E-state index contributed by atoms with van der Waals surface area (Å²) >= 11 is 5.76. The van der Waals surface area contributed by atoms with Crippen molar-refractivity contribution >= 4 is 23.5 Å². The fourth-order valence-electron chi connectivity index (χ4n) is 1.73. The second kappa shape index (κ2) is 4.57. The molecule has 1 amide bonds. The Morgan fingerprint density at radius 3 is 2.67 bits per heavy atom. The molecule has 0 atom stereocenters. The highest BCUT2D eigenvalue weighted by Crippen LogP contribution is 2.45. The van der Waals surface area contributed by atoms with Gasteiger partial charge < -0.3 is 10.4 Å². The maximum atomic E-state index is 11.9.